The number of fused-ring (bicyclic) bond motifs is 1. The van der Waals surface area contributed by atoms with E-state index >= 15 is 0 Å². The zero-order chi connectivity index (χ0) is 8.88. The number of rotatable bonds is 0. The van der Waals surface area contributed by atoms with E-state index in [0.717, 1.165) is 12.8 Å². The molecule has 0 spiro atoms. The van der Waals surface area contributed by atoms with Crippen LogP contribution in [0.1, 0.15) is 12.8 Å². The van der Waals surface area contributed by atoms with Gasteiger partial charge in [0.2, 0.25) is 0 Å². The van der Waals surface area contributed by atoms with Gasteiger partial charge in [0, 0.05) is 24.2 Å². The van der Waals surface area contributed by atoms with E-state index < -0.39 is 0 Å². The molecule has 12 heavy (non-hydrogen) atoms. The highest BCUT2D eigenvalue weighted by Crippen LogP contribution is 2.41. The molecule has 0 unspecified atom stereocenters. The van der Waals surface area contributed by atoms with Gasteiger partial charge in [-0.25, -0.2) is 0 Å². The Morgan fingerprint density at radius 1 is 0.583 bits per heavy atom. The maximum atomic E-state index is 5.95. The summed E-state index contributed by atoms with van der Waals surface area (Å²) in [5, 5.41) is 0. The molecule has 2 aliphatic carbocycles. The van der Waals surface area contributed by atoms with E-state index in [2.05, 4.69) is 0 Å². The van der Waals surface area contributed by atoms with Gasteiger partial charge in [-0.15, -0.1) is 0 Å². The predicted octanol–water partition coefficient (Wildman–Crippen LogP) is -1.66. The lowest BCUT2D eigenvalue weighted by molar-refractivity contribution is 0.355. The lowest BCUT2D eigenvalue weighted by atomic mass is 9.93. The first-order valence-corrected chi connectivity index (χ1v) is 4.63. The third-order valence-corrected chi connectivity index (χ3v) is 3.51. The minimum atomic E-state index is 0.175. The van der Waals surface area contributed by atoms with Crippen LogP contribution in [0.3, 0.4) is 0 Å². The molecule has 0 amide bonds. The molecule has 8 N–H and O–H groups in total. The smallest absolute Gasteiger partial charge is 0.0101 e. The van der Waals surface area contributed by atoms with Crippen molar-refractivity contribution in [3.63, 3.8) is 0 Å². The first-order valence-electron chi connectivity index (χ1n) is 4.63. The van der Waals surface area contributed by atoms with Gasteiger partial charge in [0.05, 0.1) is 0 Å². The summed E-state index contributed by atoms with van der Waals surface area (Å²) < 4.78 is 0. The molecule has 0 aromatic carbocycles. The fourth-order valence-electron chi connectivity index (χ4n) is 3.03. The van der Waals surface area contributed by atoms with Crippen LogP contribution in [0.5, 0.6) is 0 Å². The van der Waals surface area contributed by atoms with E-state index in [4.69, 9.17) is 22.9 Å². The summed E-state index contributed by atoms with van der Waals surface area (Å²) in [6.45, 7) is 0. The van der Waals surface area contributed by atoms with Crippen molar-refractivity contribution in [2.24, 2.45) is 34.8 Å². The maximum Gasteiger partial charge on any atom is 0.0101 e. The molecule has 4 heteroatoms. The van der Waals surface area contributed by atoms with Crippen molar-refractivity contribution < 1.29 is 0 Å². The summed E-state index contributed by atoms with van der Waals surface area (Å²) in [6, 6.07) is 0.698. The van der Waals surface area contributed by atoms with Crippen molar-refractivity contribution >= 4 is 0 Å². The monoisotopic (exact) mass is 170 g/mol. The van der Waals surface area contributed by atoms with Gasteiger partial charge in [0.25, 0.3) is 0 Å². The van der Waals surface area contributed by atoms with Crippen LogP contribution in [0.4, 0.5) is 0 Å². The molecule has 0 heterocycles. The second-order valence-electron chi connectivity index (χ2n) is 4.28. The standard InChI is InChI=1S/C8H18N4/c9-3-1-4(10)8-6(12)2-5(11)7(3)8/h3-8H,1-2,9-12H2/t3-,4+,5-,6+,7?,8?. The van der Waals surface area contributed by atoms with Gasteiger partial charge in [-0.05, 0) is 24.7 Å². The van der Waals surface area contributed by atoms with E-state index in [0.29, 0.717) is 11.8 Å². The van der Waals surface area contributed by atoms with Gasteiger partial charge in [-0.1, -0.05) is 0 Å². The molecule has 2 aliphatic rings. The highest BCUT2D eigenvalue weighted by Gasteiger charge is 2.50. The molecule has 2 rings (SSSR count). The Bertz CT molecular complexity index is 148. The molecule has 0 saturated heterocycles. The zero-order valence-corrected chi connectivity index (χ0v) is 7.19. The molecule has 0 aliphatic heterocycles. The average molecular weight is 170 g/mol. The van der Waals surface area contributed by atoms with E-state index in [9.17, 15) is 0 Å². The van der Waals surface area contributed by atoms with Crippen LogP contribution in [0.15, 0.2) is 0 Å². The molecule has 0 bridgehead atoms. The quantitative estimate of drug-likeness (QED) is 0.349. The maximum absolute atomic E-state index is 5.95. The van der Waals surface area contributed by atoms with Crippen molar-refractivity contribution in [2.75, 3.05) is 0 Å². The Hall–Kier alpha value is -0.160. The van der Waals surface area contributed by atoms with Gasteiger partial charge in [-0.3, -0.25) is 0 Å². The van der Waals surface area contributed by atoms with Crippen molar-refractivity contribution in [3.05, 3.63) is 0 Å². The second-order valence-corrected chi connectivity index (χ2v) is 4.28. The van der Waals surface area contributed by atoms with E-state index in [-0.39, 0.29) is 24.2 Å². The number of hydrogen-bond acceptors (Lipinski definition) is 4. The molecular weight excluding hydrogens is 152 g/mol. The highest BCUT2D eigenvalue weighted by atomic mass is 14.9. The molecule has 4 nitrogen and oxygen atoms in total. The zero-order valence-electron chi connectivity index (χ0n) is 7.19. The molecular formula is C8H18N4. The Labute approximate surface area is 72.6 Å². The number of nitrogens with two attached hydrogens (primary N) is 4. The molecule has 0 aromatic heterocycles. The average Bonchev–Trinajstić information content (AvgIpc) is 2.38. The first-order chi connectivity index (χ1) is 5.61. The molecule has 0 aromatic rings. The van der Waals surface area contributed by atoms with Crippen LogP contribution >= 0.6 is 0 Å². The molecule has 70 valence electrons. The summed E-state index contributed by atoms with van der Waals surface area (Å²) in [4.78, 5) is 0. The van der Waals surface area contributed by atoms with Crippen molar-refractivity contribution in [2.45, 2.75) is 37.0 Å². The summed E-state index contributed by atoms with van der Waals surface area (Å²) in [7, 11) is 0. The largest absolute Gasteiger partial charge is 0.327 e. The topological polar surface area (TPSA) is 104 Å². The molecule has 2 fully saturated rings. The van der Waals surface area contributed by atoms with E-state index in [1.807, 2.05) is 0 Å². The summed E-state index contributed by atoms with van der Waals surface area (Å²) in [5.41, 5.74) is 23.8. The molecule has 4 atom stereocenters. The fourth-order valence-corrected chi connectivity index (χ4v) is 3.03. The Balaban J connectivity index is 2.20. The van der Waals surface area contributed by atoms with Crippen LogP contribution in [0, 0.1) is 11.8 Å². The van der Waals surface area contributed by atoms with Crippen molar-refractivity contribution in [1.29, 1.82) is 0 Å². The van der Waals surface area contributed by atoms with E-state index in [1.165, 1.54) is 0 Å². The molecule has 2 saturated carbocycles. The normalized spacial score (nSPS) is 59.0. The Morgan fingerprint density at radius 2 is 0.833 bits per heavy atom. The second kappa shape index (κ2) is 2.67. The summed E-state index contributed by atoms with van der Waals surface area (Å²) in [5.74, 6) is 0.741. The third kappa shape index (κ3) is 0.992. The predicted molar refractivity (Wildman–Crippen MR) is 48.1 cm³/mol. The third-order valence-electron chi connectivity index (χ3n) is 3.51. The van der Waals surface area contributed by atoms with Crippen LogP contribution < -0.4 is 22.9 Å². The summed E-state index contributed by atoms with van der Waals surface area (Å²) >= 11 is 0. The Morgan fingerprint density at radius 3 is 1.08 bits per heavy atom. The van der Waals surface area contributed by atoms with Crippen LogP contribution in [0.2, 0.25) is 0 Å². The minimum Gasteiger partial charge on any atom is -0.327 e. The highest BCUT2D eigenvalue weighted by molar-refractivity contribution is 5.08. The van der Waals surface area contributed by atoms with Crippen molar-refractivity contribution in [1.82, 2.24) is 0 Å². The molecule has 0 radical (unpaired) electrons. The lowest BCUT2D eigenvalue weighted by Crippen LogP contribution is -2.38. The summed E-state index contributed by atoms with van der Waals surface area (Å²) in [6.07, 6.45) is 1.77. The Kier molecular flexibility index (Phi) is 1.88. The van der Waals surface area contributed by atoms with Gasteiger partial charge in [0.1, 0.15) is 0 Å². The van der Waals surface area contributed by atoms with Gasteiger partial charge in [-0.2, -0.15) is 0 Å². The minimum absolute atomic E-state index is 0.175. The van der Waals surface area contributed by atoms with E-state index in [1.54, 1.807) is 0 Å². The van der Waals surface area contributed by atoms with Crippen LogP contribution in [-0.2, 0) is 0 Å². The fraction of sp³-hybridized carbons (Fsp3) is 1.00. The van der Waals surface area contributed by atoms with Crippen LogP contribution in [-0.4, -0.2) is 24.2 Å². The SMILES string of the molecule is N[C@@H]1C[C@H](N)C2C1[C@H](N)C[C@@H]2N. The van der Waals surface area contributed by atoms with Gasteiger partial charge in [0.15, 0.2) is 0 Å². The van der Waals surface area contributed by atoms with Gasteiger partial charge < -0.3 is 22.9 Å². The van der Waals surface area contributed by atoms with Crippen LogP contribution in [0.25, 0.3) is 0 Å². The lowest BCUT2D eigenvalue weighted by Gasteiger charge is -2.20. The van der Waals surface area contributed by atoms with Gasteiger partial charge >= 0.3 is 0 Å². The number of hydrogen-bond donors (Lipinski definition) is 4. The van der Waals surface area contributed by atoms with Crippen molar-refractivity contribution in [3.8, 4) is 0 Å². The first kappa shape index (κ1) is 8.44.